The molecule has 1 heterocycles. The molecule has 1 aliphatic heterocycles. The Bertz CT molecular complexity index is 598. The molecule has 2 rings (SSSR count). The van der Waals surface area contributed by atoms with Crippen molar-refractivity contribution >= 4 is 15.7 Å². The van der Waals surface area contributed by atoms with Gasteiger partial charge < -0.3 is 14.7 Å². The SMILES string of the molecule is CN1CC(C)(C)Oc2ccc(S(=O)(=O)NCCO)cc21. The zero-order chi connectivity index (χ0) is 15.0. The molecule has 1 aliphatic rings. The fourth-order valence-corrected chi connectivity index (χ4v) is 3.34. The predicted octanol–water partition coefficient (Wildman–Crippen LogP) is 0.564. The average molecular weight is 300 g/mol. The Labute approximate surface area is 119 Å². The highest BCUT2D eigenvalue weighted by Gasteiger charge is 2.30. The van der Waals surface area contributed by atoms with Gasteiger partial charge in [-0.25, -0.2) is 13.1 Å². The second kappa shape index (κ2) is 5.23. The van der Waals surface area contributed by atoms with E-state index in [2.05, 4.69) is 4.72 Å². The minimum atomic E-state index is -3.60. The van der Waals surface area contributed by atoms with E-state index in [1.54, 1.807) is 12.1 Å². The van der Waals surface area contributed by atoms with Crippen molar-refractivity contribution in [3.8, 4) is 5.75 Å². The molecule has 0 radical (unpaired) electrons. The smallest absolute Gasteiger partial charge is 0.240 e. The number of ether oxygens (including phenoxy) is 1. The third-order valence-corrected chi connectivity index (χ3v) is 4.52. The lowest BCUT2D eigenvalue weighted by atomic mass is 10.1. The van der Waals surface area contributed by atoms with E-state index in [9.17, 15) is 8.42 Å². The minimum Gasteiger partial charge on any atom is -0.484 e. The van der Waals surface area contributed by atoms with Crippen LogP contribution in [0.4, 0.5) is 5.69 Å². The standard InChI is InChI=1S/C13H20N2O4S/c1-13(2)9-15(3)11-8-10(4-5-12(11)19-13)20(17,18)14-6-7-16/h4-5,8,14,16H,6-7,9H2,1-3H3. The Morgan fingerprint density at radius 1 is 1.45 bits per heavy atom. The molecule has 0 atom stereocenters. The molecular weight excluding hydrogens is 280 g/mol. The van der Waals surface area contributed by atoms with Crippen LogP contribution < -0.4 is 14.4 Å². The van der Waals surface area contributed by atoms with Gasteiger partial charge in [-0.1, -0.05) is 0 Å². The van der Waals surface area contributed by atoms with Gasteiger partial charge in [-0.15, -0.1) is 0 Å². The van der Waals surface area contributed by atoms with Crippen molar-refractivity contribution in [2.75, 3.05) is 31.6 Å². The van der Waals surface area contributed by atoms with E-state index in [0.717, 1.165) is 5.69 Å². The molecule has 1 aromatic carbocycles. The number of nitrogens with zero attached hydrogens (tertiary/aromatic N) is 1. The Balaban J connectivity index is 2.36. The van der Waals surface area contributed by atoms with Gasteiger partial charge in [0.2, 0.25) is 10.0 Å². The first kappa shape index (κ1) is 15.1. The second-order valence-corrected chi connectivity index (χ2v) is 7.24. The van der Waals surface area contributed by atoms with Crippen LogP contribution in [0.2, 0.25) is 0 Å². The van der Waals surface area contributed by atoms with Gasteiger partial charge in [0, 0.05) is 13.6 Å². The van der Waals surface area contributed by atoms with Gasteiger partial charge in [0.15, 0.2) is 0 Å². The number of fused-ring (bicyclic) bond motifs is 1. The van der Waals surface area contributed by atoms with Crippen molar-refractivity contribution in [2.45, 2.75) is 24.3 Å². The molecule has 20 heavy (non-hydrogen) atoms. The first-order valence-electron chi connectivity index (χ1n) is 6.40. The quantitative estimate of drug-likeness (QED) is 0.849. The summed E-state index contributed by atoms with van der Waals surface area (Å²) in [6.45, 7) is 4.41. The molecule has 2 N–H and O–H groups in total. The number of rotatable bonds is 4. The van der Waals surface area contributed by atoms with Crippen LogP contribution in [0.15, 0.2) is 23.1 Å². The Hall–Kier alpha value is -1.31. The summed E-state index contributed by atoms with van der Waals surface area (Å²) in [6, 6.07) is 4.76. The summed E-state index contributed by atoms with van der Waals surface area (Å²) in [5, 5.41) is 8.71. The molecule has 6 nitrogen and oxygen atoms in total. The van der Waals surface area contributed by atoms with Gasteiger partial charge >= 0.3 is 0 Å². The van der Waals surface area contributed by atoms with Crippen molar-refractivity contribution in [2.24, 2.45) is 0 Å². The lowest BCUT2D eigenvalue weighted by Crippen LogP contribution is -2.45. The van der Waals surface area contributed by atoms with Crippen molar-refractivity contribution in [1.82, 2.24) is 4.72 Å². The summed E-state index contributed by atoms with van der Waals surface area (Å²) < 4.78 is 32.2. The monoisotopic (exact) mass is 300 g/mol. The van der Waals surface area contributed by atoms with Gasteiger partial charge in [-0.2, -0.15) is 0 Å². The van der Waals surface area contributed by atoms with Crippen LogP contribution in [0.1, 0.15) is 13.8 Å². The van der Waals surface area contributed by atoms with E-state index in [0.29, 0.717) is 12.3 Å². The maximum atomic E-state index is 12.0. The largest absolute Gasteiger partial charge is 0.484 e. The zero-order valence-electron chi connectivity index (χ0n) is 11.9. The molecule has 0 fully saturated rings. The summed E-state index contributed by atoms with van der Waals surface area (Å²) in [5.41, 5.74) is 0.438. The lowest BCUT2D eigenvalue weighted by Gasteiger charge is -2.39. The van der Waals surface area contributed by atoms with Crippen molar-refractivity contribution in [3.63, 3.8) is 0 Å². The second-order valence-electron chi connectivity index (χ2n) is 5.47. The van der Waals surface area contributed by atoms with Gasteiger partial charge in [-0.05, 0) is 32.0 Å². The van der Waals surface area contributed by atoms with Crippen LogP contribution in [0, 0.1) is 0 Å². The van der Waals surface area contributed by atoms with E-state index < -0.39 is 10.0 Å². The molecule has 0 saturated carbocycles. The van der Waals surface area contributed by atoms with E-state index in [-0.39, 0.29) is 23.6 Å². The highest BCUT2D eigenvalue weighted by atomic mass is 32.2. The number of hydrogen-bond donors (Lipinski definition) is 2. The maximum absolute atomic E-state index is 12.0. The molecule has 0 saturated heterocycles. The minimum absolute atomic E-state index is 0.00120. The average Bonchev–Trinajstić information content (AvgIpc) is 2.34. The van der Waals surface area contributed by atoms with E-state index >= 15 is 0 Å². The van der Waals surface area contributed by atoms with Gasteiger partial charge in [0.1, 0.15) is 11.4 Å². The lowest BCUT2D eigenvalue weighted by molar-refractivity contribution is 0.107. The molecule has 7 heteroatoms. The Morgan fingerprint density at radius 3 is 2.80 bits per heavy atom. The van der Waals surface area contributed by atoms with Crippen LogP contribution in [0.25, 0.3) is 0 Å². The first-order valence-corrected chi connectivity index (χ1v) is 7.88. The molecule has 1 aromatic rings. The summed E-state index contributed by atoms with van der Waals surface area (Å²) in [7, 11) is -1.70. The zero-order valence-corrected chi connectivity index (χ0v) is 12.7. The van der Waals surface area contributed by atoms with E-state index in [4.69, 9.17) is 9.84 Å². The number of sulfonamides is 1. The third-order valence-electron chi connectivity index (χ3n) is 3.06. The molecule has 112 valence electrons. The molecule has 0 amide bonds. The molecule has 0 unspecified atom stereocenters. The number of aliphatic hydroxyl groups is 1. The van der Waals surface area contributed by atoms with Crippen molar-refractivity contribution < 1.29 is 18.3 Å². The molecule has 0 aliphatic carbocycles. The Morgan fingerprint density at radius 2 is 2.15 bits per heavy atom. The van der Waals surface area contributed by atoms with Crippen LogP contribution in [0.5, 0.6) is 5.75 Å². The van der Waals surface area contributed by atoms with Gasteiger partial charge in [0.05, 0.1) is 23.7 Å². The summed E-state index contributed by atoms with van der Waals surface area (Å²) in [5.74, 6) is 0.671. The highest BCUT2D eigenvalue weighted by molar-refractivity contribution is 7.89. The predicted molar refractivity (Wildman–Crippen MR) is 76.7 cm³/mol. The number of nitrogens with one attached hydrogen (secondary N) is 1. The number of likely N-dealkylation sites (N-methyl/N-ethyl adjacent to an activating group) is 1. The molecule has 0 aromatic heterocycles. The summed E-state index contributed by atoms with van der Waals surface area (Å²) in [4.78, 5) is 2.14. The van der Waals surface area contributed by atoms with Crippen LogP contribution in [-0.4, -0.2) is 45.9 Å². The molecular formula is C13H20N2O4S. The third kappa shape index (κ3) is 3.05. The van der Waals surface area contributed by atoms with Crippen LogP contribution in [0.3, 0.4) is 0 Å². The Kier molecular flexibility index (Phi) is 3.95. The van der Waals surface area contributed by atoms with Gasteiger partial charge in [-0.3, -0.25) is 0 Å². The number of anilines is 1. The number of hydrogen-bond acceptors (Lipinski definition) is 5. The number of aliphatic hydroxyl groups excluding tert-OH is 1. The number of benzene rings is 1. The fourth-order valence-electron chi connectivity index (χ4n) is 2.30. The van der Waals surface area contributed by atoms with E-state index in [1.165, 1.54) is 6.07 Å². The molecule has 0 bridgehead atoms. The van der Waals surface area contributed by atoms with E-state index in [1.807, 2.05) is 25.8 Å². The maximum Gasteiger partial charge on any atom is 0.240 e. The van der Waals surface area contributed by atoms with Crippen molar-refractivity contribution in [3.05, 3.63) is 18.2 Å². The normalized spacial score (nSPS) is 17.5. The van der Waals surface area contributed by atoms with Crippen molar-refractivity contribution in [1.29, 1.82) is 0 Å². The molecule has 0 spiro atoms. The summed E-state index contributed by atoms with van der Waals surface area (Å²) in [6.07, 6.45) is 0. The fraction of sp³-hybridized carbons (Fsp3) is 0.538. The topological polar surface area (TPSA) is 78.9 Å². The first-order chi connectivity index (χ1) is 9.25. The highest BCUT2D eigenvalue weighted by Crippen LogP contribution is 2.37. The van der Waals surface area contributed by atoms with Crippen LogP contribution in [-0.2, 0) is 10.0 Å². The summed E-state index contributed by atoms with van der Waals surface area (Å²) >= 11 is 0. The van der Waals surface area contributed by atoms with Crippen LogP contribution >= 0.6 is 0 Å². The van der Waals surface area contributed by atoms with Gasteiger partial charge in [0.25, 0.3) is 0 Å².